The number of rotatable bonds is 7. The van der Waals surface area contributed by atoms with Crippen LogP contribution in [0.2, 0.25) is 0 Å². The molecule has 0 atom stereocenters. The van der Waals surface area contributed by atoms with Crippen molar-refractivity contribution >= 4 is 33.9 Å². The van der Waals surface area contributed by atoms with E-state index >= 15 is 0 Å². The molecule has 0 aliphatic carbocycles. The minimum atomic E-state index is -4.77. The number of aromatic nitrogens is 2. The maximum Gasteiger partial charge on any atom is 0.573 e. The molecule has 0 aliphatic rings. The van der Waals surface area contributed by atoms with E-state index in [2.05, 4.69) is 25.3 Å². The lowest BCUT2D eigenvalue weighted by Crippen LogP contribution is -2.16. The number of nitrogens with one attached hydrogen (secondary N) is 3. The maximum atomic E-state index is 12.9. The van der Waals surface area contributed by atoms with Crippen molar-refractivity contribution in [3.63, 3.8) is 0 Å². The number of hydrogen-bond donors (Lipinski definition) is 3. The van der Waals surface area contributed by atoms with Crippen LogP contribution in [0, 0.1) is 0 Å². The highest BCUT2D eigenvalue weighted by molar-refractivity contribution is 5.97. The zero-order valence-electron chi connectivity index (χ0n) is 19.3. The number of anilines is 3. The highest BCUT2D eigenvalue weighted by Gasteiger charge is 2.31. The second-order valence-electron chi connectivity index (χ2n) is 8.28. The standard InChI is InChI=1S/C28H21F3N4O2/c29-28(30,31)37-22-10-7-18(8-11-22)24-15-20(9-12-26(24)34-21-4-3-13-32-17-21)35-27(36)14-19-16-33-25-6-2-1-5-23(19)25/h1-13,15-17,33-34H,14H2,(H,35,36). The van der Waals surface area contributed by atoms with Crippen molar-refractivity contribution in [2.75, 3.05) is 10.6 Å². The van der Waals surface area contributed by atoms with Crippen LogP contribution in [0.15, 0.2) is 97.5 Å². The van der Waals surface area contributed by atoms with Gasteiger partial charge in [0.25, 0.3) is 0 Å². The molecule has 0 fully saturated rings. The Morgan fingerprint density at radius 2 is 1.76 bits per heavy atom. The van der Waals surface area contributed by atoms with Crippen LogP contribution in [-0.2, 0) is 11.2 Å². The van der Waals surface area contributed by atoms with Gasteiger partial charge < -0.3 is 20.4 Å². The lowest BCUT2D eigenvalue weighted by Gasteiger charge is -2.15. The van der Waals surface area contributed by atoms with Crippen LogP contribution in [0.4, 0.5) is 30.2 Å². The molecule has 3 aromatic carbocycles. The van der Waals surface area contributed by atoms with Crippen LogP contribution in [0.25, 0.3) is 22.0 Å². The van der Waals surface area contributed by atoms with Gasteiger partial charge >= 0.3 is 6.36 Å². The molecule has 9 heteroatoms. The largest absolute Gasteiger partial charge is 0.573 e. The highest BCUT2D eigenvalue weighted by Crippen LogP contribution is 2.34. The highest BCUT2D eigenvalue weighted by atomic mass is 19.4. The Hall–Kier alpha value is -4.79. The molecule has 0 unspecified atom stereocenters. The fourth-order valence-electron chi connectivity index (χ4n) is 4.05. The third-order valence-electron chi connectivity index (χ3n) is 5.67. The first-order chi connectivity index (χ1) is 17.8. The van der Waals surface area contributed by atoms with Crippen LogP contribution in [-0.4, -0.2) is 22.2 Å². The quantitative estimate of drug-likeness (QED) is 0.223. The second-order valence-corrected chi connectivity index (χ2v) is 8.28. The van der Waals surface area contributed by atoms with Crippen LogP contribution in [0.1, 0.15) is 5.56 Å². The van der Waals surface area contributed by atoms with Gasteiger partial charge in [-0.3, -0.25) is 9.78 Å². The van der Waals surface area contributed by atoms with Gasteiger partial charge in [-0.25, -0.2) is 0 Å². The van der Waals surface area contributed by atoms with Gasteiger partial charge in [-0.2, -0.15) is 0 Å². The molecule has 0 aliphatic heterocycles. The molecular weight excluding hydrogens is 481 g/mol. The summed E-state index contributed by atoms with van der Waals surface area (Å²) >= 11 is 0. The first-order valence-corrected chi connectivity index (χ1v) is 11.4. The minimum absolute atomic E-state index is 0.179. The molecule has 6 nitrogen and oxygen atoms in total. The van der Waals surface area contributed by atoms with Crippen molar-refractivity contribution in [1.29, 1.82) is 0 Å². The van der Waals surface area contributed by atoms with Gasteiger partial charge in [-0.15, -0.1) is 13.2 Å². The van der Waals surface area contributed by atoms with E-state index < -0.39 is 6.36 Å². The van der Waals surface area contributed by atoms with Gasteiger partial charge in [0.2, 0.25) is 5.91 Å². The molecule has 186 valence electrons. The summed E-state index contributed by atoms with van der Waals surface area (Å²) in [7, 11) is 0. The lowest BCUT2D eigenvalue weighted by molar-refractivity contribution is -0.274. The number of carbonyl (C=O) groups excluding carboxylic acids is 1. The van der Waals surface area contributed by atoms with E-state index in [-0.39, 0.29) is 18.1 Å². The van der Waals surface area contributed by atoms with E-state index in [1.54, 1.807) is 36.7 Å². The summed E-state index contributed by atoms with van der Waals surface area (Å²) < 4.78 is 41.8. The first kappa shape index (κ1) is 23.9. The van der Waals surface area contributed by atoms with E-state index in [9.17, 15) is 18.0 Å². The van der Waals surface area contributed by atoms with E-state index in [0.29, 0.717) is 22.5 Å². The van der Waals surface area contributed by atoms with Crippen molar-refractivity contribution in [2.45, 2.75) is 12.8 Å². The Balaban J connectivity index is 1.41. The molecule has 0 bridgehead atoms. The number of nitrogens with zero attached hydrogens (tertiary/aromatic N) is 1. The molecule has 5 rings (SSSR count). The summed E-state index contributed by atoms with van der Waals surface area (Å²) in [5.41, 5.74) is 5.11. The van der Waals surface area contributed by atoms with Gasteiger partial charge in [-0.05, 0) is 59.7 Å². The van der Waals surface area contributed by atoms with Crippen LogP contribution >= 0.6 is 0 Å². The third kappa shape index (κ3) is 5.90. The Morgan fingerprint density at radius 1 is 0.946 bits per heavy atom. The number of carbonyl (C=O) groups is 1. The zero-order valence-corrected chi connectivity index (χ0v) is 19.3. The Bertz CT molecular complexity index is 1530. The summed E-state index contributed by atoms with van der Waals surface area (Å²) in [5, 5.41) is 7.17. The number of pyridine rings is 1. The summed E-state index contributed by atoms with van der Waals surface area (Å²) in [4.78, 5) is 20.1. The smallest absolute Gasteiger partial charge is 0.406 e. The number of hydrogen-bond acceptors (Lipinski definition) is 4. The van der Waals surface area contributed by atoms with E-state index in [4.69, 9.17) is 0 Å². The van der Waals surface area contributed by atoms with Crippen LogP contribution in [0.5, 0.6) is 5.75 Å². The minimum Gasteiger partial charge on any atom is -0.406 e. The van der Waals surface area contributed by atoms with Crippen LogP contribution < -0.4 is 15.4 Å². The molecule has 2 aromatic heterocycles. The van der Waals surface area contributed by atoms with Gasteiger partial charge in [0, 0.05) is 40.2 Å². The SMILES string of the molecule is O=C(Cc1c[nH]c2ccccc12)Nc1ccc(Nc2cccnc2)c(-c2ccc(OC(F)(F)F)cc2)c1. The molecule has 1 amide bonds. The van der Waals surface area contributed by atoms with E-state index in [0.717, 1.165) is 22.2 Å². The average Bonchev–Trinajstić information content (AvgIpc) is 3.28. The molecule has 0 radical (unpaired) electrons. The number of H-pyrrole nitrogens is 1. The number of ether oxygens (including phenoxy) is 1. The summed E-state index contributed by atoms with van der Waals surface area (Å²) in [5.74, 6) is -0.515. The molecule has 0 spiro atoms. The predicted molar refractivity (Wildman–Crippen MR) is 137 cm³/mol. The number of fused-ring (bicyclic) bond motifs is 1. The van der Waals surface area contributed by atoms with Gasteiger partial charge in [0.15, 0.2) is 0 Å². The molecular formula is C28H21F3N4O2. The van der Waals surface area contributed by atoms with Gasteiger partial charge in [0.1, 0.15) is 5.75 Å². The monoisotopic (exact) mass is 502 g/mol. The molecule has 5 aromatic rings. The topological polar surface area (TPSA) is 79.0 Å². The van der Waals surface area contributed by atoms with Crippen molar-refractivity contribution in [2.24, 2.45) is 0 Å². The molecule has 2 heterocycles. The molecule has 3 N–H and O–H groups in total. The number of aromatic amines is 1. The summed E-state index contributed by atoms with van der Waals surface area (Å²) in [6.07, 6.45) is 0.530. The van der Waals surface area contributed by atoms with E-state index in [1.807, 2.05) is 36.5 Å². The number of amides is 1. The van der Waals surface area contributed by atoms with Crippen molar-refractivity contribution < 1.29 is 22.7 Å². The number of para-hydroxylation sites is 1. The predicted octanol–water partition coefficient (Wildman–Crippen LogP) is 7.05. The Kier molecular flexibility index (Phi) is 6.51. The maximum absolute atomic E-state index is 12.9. The normalized spacial score (nSPS) is 11.3. The van der Waals surface area contributed by atoms with Gasteiger partial charge in [0.05, 0.1) is 18.3 Å². The van der Waals surface area contributed by atoms with Crippen molar-refractivity contribution in [3.8, 4) is 16.9 Å². The Labute approximate surface area is 210 Å². The fourth-order valence-corrected chi connectivity index (χ4v) is 4.05. The molecule has 0 saturated carbocycles. The average molecular weight is 502 g/mol. The first-order valence-electron chi connectivity index (χ1n) is 11.4. The van der Waals surface area contributed by atoms with Crippen molar-refractivity contribution in [3.05, 3.63) is 103 Å². The number of alkyl halides is 3. The lowest BCUT2D eigenvalue weighted by atomic mass is 10.0. The second kappa shape index (κ2) is 10.1. The molecule has 37 heavy (non-hydrogen) atoms. The number of halogens is 3. The third-order valence-corrected chi connectivity index (χ3v) is 5.67. The van der Waals surface area contributed by atoms with Crippen LogP contribution in [0.3, 0.4) is 0 Å². The zero-order chi connectivity index (χ0) is 25.8. The Morgan fingerprint density at radius 3 is 2.51 bits per heavy atom. The molecule has 0 saturated heterocycles. The van der Waals surface area contributed by atoms with E-state index in [1.165, 1.54) is 24.3 Å². The summed E-state index contributed by atoms with van der Waals surface area (Å²) in [6, 6.07) is 22.3. The van der Waals surface area contributed by atoms with Gasteiger partial charge in [-0.1, -0.05) is 30.3 Å². The number of benzene rings is 3. The summed E-state index contributed by atoms with van der Waals surface area (Å²) in [6.45, 7) is 0. The fraction of sp³-hybridized carbons (Fsp3) is 0.0714. The van der Waals surface area contributed by atoms with Crippen molar-refractivity contribution in [1.82, 2.24) is 9.97 Å².